The Bertz CT molecular complexity index is 662. The molecule has 2 atom stereocenters. The number of anilines is 2. The Kier molecular flexibility index (Phi) is 3.13. The number of aromatic nitrogens is 4. The van der Waals surface area contributed by atoms with Gasteiger partial charge in [-0.1, -0.05) is 0 Å². The number of fused-ring (bicyclic) bond motifs is 1. The van der Waals surface area contributed by atoms with Crippen LogP contribution in [0.2, 0.25) is 0 Å². The van der Waals surface area contributed by atoms with Gasteiger partial charge in [-0.2, -0.15) is 5.10 Å². The van der Waals surface area contributed by atoms with Crippen molar-refractivity contribution in [1.29, 1.82) is 0 Å². The van der Waals surface area contributed by atoms with Crippen LogP contribution >= 0.6 is 0 Å². The van der Waals surface area contributed by atoms with Crippen LogP contribution in [0.5, 0.6) is 0 Å². The van der Waals surface area contributed by atoms with Crippen molar-refractivity contribution in [3.8, 4) is 0 Å². The van der Waals surface area contributed by atoms with Crippen LogP contribution in [-0.2, 0) is 0 Å². The molecule has 2 aromatic heterocycles. The summed E-state index contributed by atoms with van der Waals surface area (Å²) in [5.74, 6) is 2.03. The number of nitrogens with zero attached hydrogens (tertiary/aromatic N) is 6. The summed E-state index contributed by atoms with van der Waals surface area (Å²) in [4.78, 5) is 12.1. The third-order valence-corrected chi connectivity index (χ3v) is 4.54. The van der Waals surface area contributed by atoms with Gasteiger partial charge in [-0.25, -0.2) is 14.4 Å². The van der Waals surface area contributed by atoms with Crippen molar-refractivity contribution >= 4 is 11.6 Å². The molecule has 0 aliphatic carbocycles. The Hall–Kier alpha value is -2.31. The van der Waals surface area contributed by atoms with Crippen LogP contribution < -0.4 is 9.80 Å². The molecular weight excluding hydrogens is 283 g/mol. The molecule has 0 saturated carbocycles. The smallest absolute Gasteiger partial charge is 0.183 e. The Labute approximate surface area is 128 Å². The topological polar surface area (TPSA) is 58.0 Å². The summed E-state index contributed by atoms with van der Waals surface area (Å²) < 4.78 is 13.8. The highest BCUT2D eigenvalue weighted by Crippen LogP contribution is 2.35. The minimum Gasteiger partial charge on any atom is -0.354 e. The molecule has 2 fully saturated rings. The number of aryl methyl sites for hydroxylation is 1. The van der Waals surface area contributed by atoms with Gasteiger partial charge in [-0.05, 0) is 19.1 Å². The standard InChI is InChI=1S/C15H17FN6/c1-10-2-3-14(20-19-10)21-5-11-7-22(8-12(11)6-21)15-13(16)4-17-9-18-15/h2-4,9,11-12H,5-8H2,1H3. The summed E-state index contributed by atoms with van der Waals surface area (Å²) in [6.45, 7) is 5.46. The third-order valence-electron chi connectivity index (χ3n) is 4.54. The molecule has 7 heteroatoms. The second-order valence-electron chi connectivity index (χ2n) is 6.06. The lowest BCUT2D eigenvalue weighted by molar-refractivity contribution is 0.533. The van der Waals surface area contributed by atoms with Gasteiger partial charge < -0.3 is 9.80 Å². The van der Waals surface area contributed by atoms with Crippen LogP contribution in [0, 0.1) is 24.6 Å². The van der Waals surface area contributed by atoms with Crippen molar-refractivity contribution in [3.05, 3.63) is 36.2 Å². The van der Waals surface area contributed by atoms with E-state index in [2.05, 4.69) is 25.1 Å². The van der Waals surface area contributed by atoms with Gasteiger partial charge in [0.15, 0.2) is 17.5 Å². The van der Waals surface area contributed by atoms with E-state index in [0.29, 0.717) is 17.7 Å². The van der Waals surface area contributed by atoms with Gasteiger partial charge in [0, 0.05) is 38.0 Å². The fraction of sp³-hybridized carbons (Fsp3) is 0.467. The highest BCUT2D eigenvalue weighted by Gasteiger charge is 2.41. The maximum Gasteiger partial charge on any atom is 0.183 e. The molecule has 2 aliphatic rings. The van der Waals surface area contributed by atoms with E-state index in [1.165, 1.54) is 12.5 Å². The van der Waals surface area contributed by atoms with Gasteiger partial charge in [0.1, 0.15) is 6.33 Å². The Morgan fingerprint density at radius 3 is 2.41 bits per heavy atom. The van der Waals surface area contributed by atoms with E-state index in [4.69, 9.17) is 0 Å². The molecule has 6 nitrogen and oxygen atoms in total. The molecule has 0 amide bonds. The van der Waals surface area contributed by atoms with Crippen LogP contribution in [0.1, 0.15) is 5.69 Å². The fourth-order valence-electron chi connectivity index (χ4n) is 3.45. The van der Waals surface area contributed by atoms with Crippen molar-refractivity contribution in [2.45, 2.75) is 6.92 Å². The van der Waals surface area contributed by atoms with Crippen LogP contribution in [0.3, 0.4) is 0 Å². The molecule has 2 saturated heterocycles. The van der Waals surface area contributed by atoms with E-state index in [1.807, 2.05) is 24.0 Å². The molecule has 22 heavy (non-hydrogen) atoms. The zero-order valence-electron chi connectivity index (χ0n) is 12.4. The number of halogens is 1. The van der Waals surface area contributed by atoms with E-state index in [1.54, 1.807) is 0 Å². The lowest BCUT2D eigenvalue weighted by atomic mass is 10.0. The second-order valence-corrected chi connectivity index (χ2v) is 6.06. The predicted octanol–water partition coefficient (Wildman–Crippen LogP) is 1.29. The molecule has 2 aliphatic heterocycles. The SMILES string of the molecule is Cc1ccc(N2CC3CN(c4ncncc4F)CC3C2)nn1. The number of hydrogen-bond acceptors (Lipinski definition) is 6. The quantitative estimate of drug-likeness (QED) is 0.833. The summed E-state index contributed by atoms with van der Waals surface area (Å²) in [7, 11) is 0. The molecule has 0 spiro atoms. The summed E-state index contributed by atoms with van der Waals surface area (Å²) in [6, 6.07) is 4.00. The van der Waals surface area contributed by atoms with E-state index in [9.17, 15) is 4.39 Å². The molecule has 114 valence electrons. The summed E-state index contributed by atoms with van der Waals surface area (Å²) in [6.07, 6.45) is 2.63. The van der Waals surface area contributed by atoms with E-state index < -0.39 is 0 Å². The van der Waals surface area contributed by atoms with Crippen molar-refractivity contribution in [2.24, 2.45) is 11.8 Å². The van der Waals surface area contributed by atoms with Crippen LogP contribution in [0.25, 0.3) is 0 Å². The van der Waals surface area contributed by atoms with E-state index >= 15 is 0 Å². The van der Waals surface area contributed by atoms with Gasteiger partial charge in [0.2, 0.25) is 0 Å². The molecule has 4 heterocycles. The minimum atomic E-state index is -0.344. The lowest BCUT2D eigenvalue weighted by Gasteiger charge is -2.22. The van der Waals surface area contributed by atoms with E-state index in [-0.39, 0.29) is 5.82 Å². The highest BCUT2D eigenvalue weighted by atomic mass is 19.1. The average Bonchev–Trinajstić information content (AvgIpc) is 3.07. The molecule has 0 radical (unpaired) electrons. The van der Waals surface area contributed by atoms with Gasteiger partial charge in [0.25, 0.3) is 0 Å². The zero-order valence-corrected chi connectivity index (χ0v) is 12.4. The van der Waals surface area contributed by atoms with Gasteiger partial charge in [-0.3, -0.25) is 0 Å². The third kappa shape index (κ3) is 2.26. The Morgan fingerprint density at radius 1 is 1.05 bits per heavy atom. The van der Waals surface area contributed by atoms with Crippen LogP contribution in [-0.4, -0.2) is 46.3 Å². The molecule has 2 aromatic rings. The average molecular weight is 300 g/mol. The maximum atomic E-state index is 13.8. The van der Waals surface area contributed by atoms with Gasteiger partial charge in [-0.15, -0.1) is 5.10 Å². The molecule has 2 unspecified atom stereocenters. The van der Waals surface area contributed by atoms with E-state index in [0.717, 1.165) is 37.7 Å². The van der Waals surface area contributed by atoms with Gasteiger partial charge >= 0.3 is 0 Å². The first-order valence-electron chi connectivity index (χ1n) is 7.46. The molecule has 0 aromatic carbocycles. The number of rotatable bonds is 2. The predicted molar refractivity (Wildman–Crippen MR) is 80.2 cm³/mol. The summed E-state index contributed by atoms with van der Waals surface area (Å²) in [5.41, 5.74) is 0.925. The summed E-state index contributed by atoms with van der Waals surface area (Å²) >= 11 is 0. The lowest BCUT2D eigenvalue weighted by Crippen LogP contribution is -2.30. The Balaban J connectivity index is 1.46. The molecule has 0 bridgehead atoms. The van der Waals surface area contributed by atoms with Crippen molar-refractivity contribution < 1.29 is 4.39 Å². The van der Waals surface area contributed by atoms with Crippen molar-refractivity contribution in [2.75, 3.05) is 36.0 Å². The first-order chi connectivity index (χ1) is 10.7. The minimum absolute atomic E-state index is 0.344. The van der Waals surface area contributed by atoms with Crippen LogP contribution in [0.4, 0.5) is 16.0 Å². The maximum absolute atomic E-state index is 13.8. The first kappa shape index (κ1) is 13.4. The molecule has 0 N–H and O–H groups in total. The normalized spacial score (nSPS) is 23.9. The van der Waals surface area contributed by atoms with Crippen LogP contribution in [0.15, 0.2) is 24.7 Å². The number of hydrogen-bond donors (Lipinski definition) is 0. The Morgan fingerprint density at radius 2 is 1.77 bits per heavy atom. The largest absolute Gasteiger partial charge is 0.354 e. The second kappa shape index (κ2) is 5.15. The van der Waals surface area contributed by atoms with Gasteiger partial charge in [0.05, 0.1) is 11.9 Å². The molecule has 4 rings (SSSR count). The monoisotopic (exact) mass is 300 g/mol. The van der Waals surface area contributed by atoms with Crippen molar-refractivity contribution in [1.82, 2.24) is 20.2 Å². The summed E-state index contributed by atoms with van der Waals surface area (Å²) in [5, 5.41) is 8.38. The fourth-order valence-corrected chi connectivity index (χ4v) is 3.45. The highest BCUT2D eigenvalue weighted by molar-refractivity contribution is 5.44. The first-order valence-corrected chi connectivity index (χ1v) is 7.46. The van der Waals surface area contributed by atoms with Crippen molar-refractivity contribution in [3.63, 3.8) is 0 Å². The molecular formula is C15H17FN6. The zero-order chi connectivity index (χ0) is 15.1.